The van der Waals surface area contributed by atoms with E-state index in [0.717, 1.165) is 6.07 Å². The van der Waals surface area contributed by atoms with Crippen LogP contribution in [0, 0.1) is 18.6 Å². The first kappa shape index (κ1) is 12.6. The molecular formula is C12H13F2N3O. The van der Waals surface area contributed by atoms with E-state index in [-0.39, 0.29) is 17.3 Å². The quantitative estimate of drug-likeness (QED) is 0.913. The maximum absolute atomic E-state index is 13.8. The lowest BCUT2D eigenvalue weighted by atomic mass is 10.1. The Kier molecular flexibility index (Phi) is 3.38. The van der Waals surface area contributed by atoms with Gasteiger partial charge in [0.2, 0.25) is 0 Å². The molecule has 0 bridgehead atoms. The van der Waals surface area contributed by atoms with Gasteiger partial charge in [-0.05, 0) is 25.0 Å². The molecule has 0 fully saturated rings. The number of benzene rings is 1. The summed E-state index contributed by atoms with van der Waals surface area (Å²) < 4.78 is 32.3. The summed E-state index contributed by atoms with van der Waals surface area (Å²) in [5.74, 6) is -1.38. The van der Waals surface area contributed by atoms with E-state index in [1.165, 1.54) is 13.0 Å². The molecule has 1 atom stereocenters. The first-order chi connectivity index (χ1) is 8.54. The van der Waals surface area contributed by atoms with Crippen molar-refractivity contribution in [1.29, 1.82) is 0 Å². The number of nitrogens with two attached hydrogens (primary N) is 1. The van der Waals surface area contributed by atoms with E-state index in [9.17, 15) is 8.78 Å². The minimum atomic E-state index is -0.738. The summed E-state index contributed by atoms with van der Waals surface area (Å²) in [6.07, 6.45) is 0.609. The van der Waals surface area contributed by atoms with Gasteiger partial charge in [0, 0.05) is 0 Å². The molecule has 1 heterocycles. The van der Waals surface area contributed by atoms with E-state index in [0.29, 0.717) is 12.0 Å². The van der Waals surface area contributed by atoms with E-state index in [1.807, 2.05) is 6.92 Å². The monoisotopic (exact) mass is 253 g/mol. The fourth-order valence-electron chi connectivity index (χ4n) is 1.52. The van der Waals surface area contributed by atoms with Crippen molar-refractivity contribution in [2.75, 3.05) is 0 Å². The summed E-state index contributed by atoms with van der Waals surface area (Å²) in [5, 5.41) is 3.63. The highest BCUT2D eigenvalue weighted by Crippen LogP contribution is 2.27. The number of hydrogen-bond donors (Lipinski definition) is 1. The van der Waals surface area contributed by atoms with Gasteiger partial charge in [0.25, 0.3) is 5.89 Å². The van der Waals surface area contributed by atoms with Crippen LogP contribution in [-0.2, 0) is 0 Å². The van der Waals surface area contributed by atoms with Crippen LogP contribution in [0.1, 0.15) is 30.8 Å². The molecule has 1 aromatic carbocycles. The Morgan fingerprint density at radius 1 is 1.39 bits per heavy atom. The van der Waals surface area contributed by atoms with Crippen LogP contribution >= 0.6 is 0 Å². The molecule has 18 heavy (non-hydrogen) atoms. The number of rotatable bonds is 3. The van der Waals surface area contributed by atoms with Crippen LogP contribution in [-0.4, -0.2) is 10.1 Å². The minimum Gasteiger partial charge on any atom is -0.334 e. The lowest BCUT2D eigenvalue weighted by Gasteiger charge is -2.02. The van der Waals surface area contributed by atoms with Gasteiger partial charge in [0.15, 0.2) is 5.82 Å². The highest BCUT2D eigenvalue weighted by Gasteiger charge is 2.21. The third-order valence-corrected chi connectivity index (χ3v) is 2.71. The second kappa shape index (κ2) is 4.81. The standard InChI is InChI=1S/C12H13F2N3O/c1-3-8(15)11-16-12(18-17-11)9-7(13)5-4-6(2)10(9)14/h4-5,8H,3,15H2,1-2H3. The largest absolute Gasteiger partial charge is 0.334 e. The Labute approximate surface area is 103 Å². The molecule has 0 spiro atoms. The van der Waals surface area contributed by atoms with Crippen LogP contribution in [0.25, 0.3) is 11.5 Å². The second-order valence-corrected chi connectivity index (χ2v) is 4.03. The summed E-state index contributed by atoms with van der Waals surface area (Å²) >= 11 is 0. The van der Waals surface area contributed by atoms with Crippen molar-refractivity contribution >= 4 is 0 Å². The number of nitrogens with zero attached hydrogens (tertiary/aromatic N) is 2. The van der Waals surface area contributed by atoms with E-state index in [1.54, 1.807) is 0 Å². The smallest absolute Gasteiger partial charge is 0.263 e. The SMILES string of the molecule is CCC(N)c1noc(-c2c(F)ccc(C)c2F)n1. The van der Waals surface area contributed by atoms with Crippen LogP contribution in [0.3, 0.4) is 0 Å². The minimum absolute atomic E-state index is 0.187. The molecule has 0 saturated carbocycles. The van der Waals surface area contributed by atoms with Crippen molar-refractivity contribution in [2.24, 2.45) is 5.73 Å². The fourth-order valence-corrected chi connectivity index (χ4v) is 1.52. The lowest BCUT2D eigenvalue weighted by molar-refractivity contribution is 0.410. The van der Waals surface area contributed by atoms with Gasteiger partial charge >= 0.3 is 0 Å². The van der Waals surface area contributed by atoms with E-state index in [4.69, 9.17) is 10.3 Å². The Morgan fingerprint density at radius 3 is 2.78 bits per heavy atom. The fraction of sp³-hybridized carbons (Fsp3) is 0.333. The van der Waals surface area contributed by atoms with Crippen LogP contribution in [0.5, 0.6) is 0 Å². The molecule has 0 aliphatic carbocycles. The molecule has 0 amide bonds. The maximum atomic E-state index is 13.8. The van der Waals surface area contributed by atoms with Crippen molar-refractivity contribution in [3.8, 4) is 11.5 Å². The van der Waals surface area contributed by atoms with Gasteiger partial charge in [-0.15, -0.1) is 0 Å². The summed E-state index contributed by atoms with van der Waals surface area (Å²) in [5.41, 5.74) is 5.72. The molecule has 4 nitrogen and oxygen atoms in total. The molecule has 0 aliphatic heterocycles. The summed E-state index contributed by atoms with van der Waals surface area (Å²) in [4.78, 5) is 3.93. The lowest BCUT2D eigenvalue weighted by Crippen LogP contribution is -2.10. The van der Waals surface area contributed by atoms with E-state index in [2.05, 4.69) is 10.1 Å². The zero-order valence-corrected chi connectivity index (χ0v) is 10.1. The number of hydrogen-bond acceptors (Lipinski definition) is 4. The van der Waals surface area contributed by atoms with Crippen molar-refractivity contribution < 1.29 is 13.3 Å². The molecule has 0 saturated heterocycles. The molecule has 6 heteroatoms. The molecule has 2 aromatic rings. The predicted octanol–water partition coefficient (Wildman–Crippen LogP) is 2.73. The Hall–Kier alpha value is -1.82. The molecule has 1 aromatic heterocycles. The van der Waals surface area contributed by atoms with Crippen LogP contribution < -0.4 is 5.73 Å². The third kappa shape index (κ3) is 2.11. The van der Waals surface area contributed by atoms with Gasteiger partial charge in [0.05, 0.1) is 6.04 Å². The van der Waals surface area contributed by atoms with E-state index >= 15 is 0 Å². The Morgan fingerprint density at radius 2 is 2.11 bits per heavy atom. The van der Waals surface area contributed by atoms with Crippen LogP contribution in [0.2, 0.25) is 0 Å². The van der Waals surface area contributed by atoms with Crippen molar-refractivity contribution in [1.82, 2.24) is 10.1 Å². The summed E-state index contributed by atoms with van der Waals surface area (Å²) in [6.45, 7) is 3.39. The zero-order chi connectivity index (χ0) is 13.3. The zero-order valence-electron chi connectivity index (χ0n) is 10.1. The number of aromatic nitrogens is 2. The molecular weight excluding hydrogens is 240 g/mol. The number of aryl methyl sites for hydroxylation is 1. The normalized spacial score (nSPS) is 12.7. The third-order valence-electron chi connectivity index (χ3n) is 2.71. The highest BCUT2D eigenvalue weighted by atomic mass is 19.1. The van der Waals surface area contributed by atoms with Crippen molar-refractivity contribution in [3.05, 3.63) is 35.2 Å². The average molecular weight is 253 g/mol. The van der Waals surface area contributed by atoms with Crippen LogP contribution in [0.15, 0.2) is 16.7 Å². The topological polar surface area (TPSA) is 64.9 Å². The van der Waals surface area contributed by atoms with Crippen LogP contribution in [0.4, 0.5) is 8.78 Å². The number of halogens is 2. The summed E-state index contributed by atoms with van der Waals surface area (Å²) in [7, 11) is 0. The van der Waals surface area contributed by atoms with Gasteiger partial charge in [-0.1, -0.05) is 18.1 Å². The van der Waals surface area contributed by atoms with Gasteiger partial charge in [0.1, 0.15) is 17.2 Å². The van der Waals surface area contributed by atoms with Crippen molar-refractivity contribution in [2.45, 2.75) is 26.3 Å². The first-order valence-corrected chi connectivity index (χ1v) is 5.58. The molecule has 2 N–H and O–H groups in total. The van der Waals surface area contributed by atoms with Gasteiger partial charge in [-0.2, -0.15) is 4.98 Å². The van der Waals surface area contributed by atoms with E-state index < -0.39 is 17.7 Å². The predicted molar refractivity (Wildman–Crippen MR) is 61.6 cm³/mol. The summed E-state index contributed by atoms with van der Waals surface area (Å²) in [6, 6.07) is 2.11. The Balaban J connectivity index is 2.49. The van der Waals surface area contributed by atoms with Gasteiger partial charge < -0.3 is 10.3 Å². The highest BCUT2D eigenvalue weighted by molar-refractivity contribution is 5.56. The molecule has 0 radical (unpaired) electrons. The molecule has 96 valence electrons. The first-order valence-electron chi connectivity index (χ1n) is 5.58. The maximum Gasteiger partial charge on any atom is 0.263 e. The molecule has 0 aliphatic rings. The molecule has 1 unspecified atom stereocenters. The van der Waals surface area contributed by atoms with Gasteiger partial charge in [-0.25, -0.2) is 8.78 Å². The second-order valence-electron chi connectivity index (χ2n) is 4.03. The van der Waals surface area contributed by atoms with Crippen molar-refractivity contribution in [3.63, 3.8) is 0 Å². The Bertz CT molecular complexity index is 568. The molecule has 2 rings (SSSR count). The average Bonchev–Trinajstić information content (AvgIpc) is 2.83. The van der Waals surface area contributed by atoms with Gasteiger partial charge in [-0.3, -0.25) is 0 Å².